The third kappa shape index (κ3) is 13.2. The van der Waals surface area contributed by atoms with E-state index in [4.69, 9.17) is 43.5 Å². The largest absolute Gasteiger partial charge is 0.486 e. The van der Waals surface area contributed by atoms with Crippen molar-refractivity contribution in [2.24, 2.45) is 5.73 Å². The smallest absolute Gasteiger partial charge is 0.336 e. The number of rotatable bonds is 11. The zero-order chi connectivity index (χ0) is 45.0. The lowest BCUT2D eigenvalue weighted by Crippen LogP contribution is -2.28. The summed E-state index contributed by atoms with van der Waals surface area (Å²) in [6.45, 7) is 15.3. The summed E-state index contributed by atoms with van der Waals surface area (Å²) in [6.07, 6.45) is -0.532. The third-order valence-electron chi connectivity index (χ3n) is 9.77. The molecule has 6 rings (SSSR count). The minimum atomic E-state index is -0.979. The fourth-order valence-electron chi connectivity index (χ4n) is 6.54. The highest BCUT2D eigenvalue weighted by Crippen LogP contribution is 2.31. The van der Waals surface area contributed by atoms with Crippen molar-refractivity contribution in [3.8, 4) is 11.5 Å². The van der Waals surface area contributed by atoms with Gasteiger partial charge in [-0.05, 0) is 126 Å². The highest BCUT2D eigenvalue weighted by atomic mass is 35.5. The Labute approximate surface area is 365 Å². The molecule has 61 heavy (non-hydrogen) atoms. The number of pyridine rings is 2. The quantitative estimate of drug-likeness (QED) is 0.0855. The van der Waals surface area contributed by atoms with Crippen LogP contribution >= 0.6 is 23.2 Å². The molecule has 4 aromatic carbocycles. The molecule has 2 atom stereocenters. The Morgan fingerprint density at radius 2 is 1.05 bits per heavy atom. The molecule has 1 amide bonds. The van der Waals surface area contributed by atoms with Gasteiger partial charge in [-0.15, -0.1) is 0 Å². The predicted octanol–water partition coefficient (Wildman–Crippen LogP) is 9.96. The Bertz CT molecular complexity index is 2590. The molecule has 6 N–H and O–H groups in total. The first kappa shape index (κ1) is 47.5. The van der Waals surface area contributed by atoms with Crippen LogP contribution in [0.5, 0.6) is 11.5 Å². The fraction of sp³-hybridized carbons (Fsp3) is 0.250. The molecule has 0 radical (unpaired) electrons. The van der Waals surface area contributed by atoms with E-state index in [1.54, 1.807) is 19.1 Å². The maximum absolute atomic E-state index is 12.7. The Kier molecular flexibility index (Phi) is 17.1. The van der Waals surface area contributed by atoms with Gasteiger partial charge in [0.05, 0.1) is 5.56 Å². The van der Waals surface area contributed by atoms with E-state index >= 15 is 0 Å². The van der Waals surface area contributed by atoms with E-state index < -0.39 is 5.97 Å². The number of carbonyl (C=O) groups is 2. The number of H-pyrrole nitrogens is 2. The van der Waals surface area contributed by atoms with Crippen molar-refractivity contribution in [2.45, 2.75) is 80.7 Å². The lowest BCUT2D eigenvalue weighted by atomic mass is 10.0. The first-order valence-electron chi connectivity index (χ1n) is 19.5. The van der Waals surface area contributed by atoms with Crippen LogP contribution in [0.15, 0.2) is 107 Å². The Hall–Kier alpha value is -6.14. The molecular formula is C48H52Cl2N4O7. The molecule has 0 fully saturated rings. The van der Waals surface area contributed by atoms with Crippen LogP contribution in [-0.4, -0.2) is 27.0 Å². The van der Waals surface area contributed by atoms with Gasteiger partial charge in [0.25, 0.3) is 17.0 Å². The third-order valence-corrected chi connectivity index (χ3v) is 10.4. The van der Waals surface area contributed by atoms with Crippen molar-refractivity contribution >= 4 is 35.1 Å². The molecule has 0 bridgehead atoms. The van der Waals surface area contributed by atoms with Crippen LogP contribution in [-0.2, 0) is 13.1 Å². The van der Waals surface area contributed by atoms with Crippen molar-refractivity contribution in [1.29, 1.82) is 0 Å². The van der Waals surface area contributed by atoms with Crippen LogP contribution in [0.25, 0.3) is 0 Å². The Balaban J connectivity index is 0.000000226. The average Bonchev–Trinajstić information content (AvgIpc) is 3.19. The molecule has 13 heteroatoms. The van der Waals surface area contributed by atoms with Gasteiger partial charge in [0.15, 0.2) is 0 Å². The van der Waals surface area contributed by atoms with Crippen LogP contribution < -0.4 is 31.6 Å². The molecule has 6 aromatic rings. The summed E-state index contributed by atoms with van der Waals surface area (Å²) in [4.78, 5) is 52.6. The lowest BCUT2D eigenvalue weighted by molar-refractivity contribution is 0.0695. The predicted molar refractivity (Wildman–Crippen MR) is 242 cm³/mol. The number of ether oxygens (including phenoxy) is 2. The molecule has 0 aliphatic carbocycles. The van der Waals surface area contributed by atoms with Gasteiger partial charge in [-0.1, -0.05) is 71.7 Å². The van der Waals surface area contributed by atoms with Gasteiger partial charge >= 0.3 is 5.97 Å². The molecule has 2 aromatic heterocycles. The molecule has 2 unspecified atom stereocenters. The maximum Gasteiger partial charge on any atom is 0.336 e. The van der Waals surface area contributed by atoms with Gasteiger partial charge in [0.1, 0.15) is 23.7 Å². The first-order valence-corrected chi connectivity index (χ1v) is 20.3. The normalized spacial score (nSPS) is 11.5. The summed E-state index contributed by atoms with van der Waals surface area (Å²) in [5.74, 6) is 0.236. The topological polar surface area (TPSA) is 177 Å². The molecule has 320 valence electrons. The van der Waals surface area contributed by atoms with Crippen LogP contribution in [0.1, 0.15) is 103 Å². The fourth-order valence-corrected chi connectivity index (χ4v) is 7.17. The van der Waals surface area contributed by atoms with Crippen LogP contribution in [0.4, 0.5) is 0 Å². The standard InChI is InChI=1S/C24H25ClN2O3.C16H15ClO3.C8H12N2O/c1-14-10-16(3)27-24(29)21(14)13-26-23(28)19-12-22(25)20(11-15(19)2)17(4)30-18-8-6-5-7-9-18;1-10-8-14(15(17)9-13(10)16(18)19)11(2)20-12-6-4-3-5-7-12;1-5-3-6(2)10-8(11)7(5)4-9/h5-12,17H,13H2,1-4H3,(H,26,28)(H,27,29);3-9,11H,1-2H3,(H,18,19);3H,4,9H2,1-2H3,(H,10,11). The number of nitrogens with two attached hydrogens (primary N) is 1. The molecule has 0 aliphatic heterocycles. The van der Waals surface area contributed by atoms with Gasteiger partial charge in [-0.3, -0.25) is 14.4 Å². The van der Waals surface area contributed by atoms with Crippen LogP contribution in [0.2, 0.25) is 10.0 Å². The SMILES string of the molecule is Cc1cc(C(C)Oc2ccccc2)c(Cl)cc1C(=O)O.Cc1cc(C)c(CN)c(=O)[nH]1.Cc1cc(C)c(CNC(=O)c2cc(Cl)c(C(C)Oc3ccccc3)cc2C)c(=O)[nH]1. The number of aromatic nitrogens is 2. The summed E-state index contributed by atoms with van der Waals surface area (Å²) in [5, 5.41) is 12.7. The zero-order valence-electron chi connectivity index (χ0n) is 35.5. The minimum Gasteiger partial charge on any atom is -0.486 e. The molecule has 2 heterocycles. The van der Waals surface area contributed by atoms with Gasteiger partial charge in [0.2, 0.25) is 0 Å². The molecular weight excluding hydrogens is 815 g/mol. The number of carboxylic acid groups (broad SMARTS) is 1. The van der Waals surface area contributed by atoms with E-state index in [1.807, 2.05) is 127 Å². The molecule has 11 nitrogen and oxygen atoms in total. The van der Waals surface area contributed by atoms with Crippen LogP contribution in [0, 0.1) is 41.5 Å². The number of hydrogen-bond donors (Lipinski definition) is 5. The Morgan fingerprint density at radius 1 is 0.639 bits per heavy atom. The van der Waals surface area contributed by atoms with E-state index in [-0.39, 0.29) is 41.3 Å². The number of nitrogens with one attached hydrogen (secondary N) is 3. The van der Waals surface area contributed by atoms with E-state index in [2.05, 4.69) is 15.3 Å². The van der Waals surface area contributed by atoms with Crippen molar-refractivity contribution in [3.05, 3.63) is 195 Å². The van der Waals surface area contributed by atoms with Crippen molar-refractivity contribution in [2.75, 3.05) is 0 Å². The van der Waals surface area contributed by atoms with Gasteiger partial charge in [-0.25, -0.2) is 4.79 Å². The zero-order valence-corrected chi connectivity index (χ0v) is 37.0. The molecule has 0 aliphatic rings. The first-order chi connectivity index (χ1) is 28.9. The number of para-hydroxylation sites is 2. The number of aryl methyl sites for hydroxylation is 6. The number of amides is 1. The van der Waals surface area contributed by atoms with E-state index in [0.29, 0.717) is 38.8 Å². The highest BCUT2D eigenvalue weighted by Gasteiger charge is 2.19. The second kappa shape index (κ2) is 21.9. The summed E-state index contributed by atoms with van der Waals surface area (Å²) in [6, 6.07) is 29.5. The van der Waals surface area contributed by atoms with Crippen molar-refractivity contribution in [3.63, 3.8) is 0 Å². The number of aromatic amines is 2. The summed E-state index contributed by atoms with van der Waals surface area (Å²) in [5.41, 5.74) is 13.5. The summed E-state index contributed by atoms with van der Waals surface area (Å²) >= 11 is 12.6. The number of aromatic carboxylic acids is 1. The number of hydrogen-bond acceptors (Lipinski definition) is 7. The van der Waals surface area contributed by atoms with Crippen molar-refractivity contribution < 1.29 is 24.2 Å². The summed E-state index contributed by atoms with van der Waals surface area (Å²) in [7, 11) is 0. The Morgan fingerprint density at radius 3 is 1.46 bits per heavy atom. The van der Waals surface area contributed by atoms with Gasteiger partial charge in [-0.2, -0.15) is 0 Å². The molecule has 0 spiro atoms. The van der Waals surface area contributed by atoms with E-state index in [9.17, 15) is 19.2 Å². The second-order valence-electron chi connectivity index (χ2n) is 14.6. The highest BCUT2D eigenvalue weighted by molar-refractivity contribution is 6.32. The maximum atomic E-state index is 12.7. The van der Waals surface area contributed by atoms with E-state index in [0.717, 1.165) is 50.7 Å². The minimum absolute atomic E-state index is 0.0648. The second-order valence-corrected chi connectivity index (χ2v) is 15.4. The monoisotopic (exact) mass is 866 g/mol. The number of carboxylic acids is 1. The van der Waals surface area contributed by atoms with E-state index in [1.165, 1.54) is 6.07 Å². The van der Waals surface area contributed by atoms with Gasteiger partial charge in [0, 0.05) is 62.3 Å². The molecule has 0 saturated carbocycles. The number of carbonyl (C=O) groups excluding carboxylic acids is 1. The lowest BCUT2D eigenvalue weighted by Gasteiger charge is -2.18. The average molecular weight is 868 g/mol. The molecule has 0 saturated heterocycles. The van der Waals surface area contributed by atoms with Crippen molar-refractivity contribution in [1.82, 2.24) is 15.3 Å². The number of halogens is 2. The van der Waals surface area contributed by atoms with Gasteiger partial charge < -0.3 is 35.6 Å². The summed E-state index contributed by atoms with van der Waals surface area (Å²) < 4.78 is 11.8. The number of benzene rings is 4. The van der Waals surface area contributed by atoms with Crippen LogP contribution in [0.3, 0.4) is 0 Å².